The first-order chi connectivity index (χ1) is 6.08. The molecule has 1 atom stereocenters. The summed E-state index contributed by atoms with van der Waals surface area (Å²) >= 11 is 0. The van der Waals surface area contributed by atoms with Crippen molar-refractivity contribution >= 4 is 0 Å². The van der Waals surface area contributed by atoms with E-state index in [1.165, 1.54) is 12.1 Å². The lowest BCUT2D eigenvalue weighted by atomic mass is 10.0. The zero-order valence-corrected chi connectivity index (χ0v) is 6.95. The Morgan fingerprint density at radius 3 is 2.31 bits per heavy atom. The van der Waals surface area contributed by atoms with Crippen LogP contribution in [0, 0.1) is 0 Å². The average Bonchev–Trinajstić information content (AvgIpc) is 2.18. The zero-order chi connectivity index (χ0) is 9.90. The largest absolute Gasteiger partial charge is 0.382 e. The van der Waals surface area contributed by atoms with E-state index in [9.17, 15) is 13.9 Å². The smallest absolute Gasteiger partial charge is 0.289 e. The predicted octanol–water partition coefficient (Wildman–Crippen LogP) is 1.31. The number of aliphatic hydroxyl groups excluding tert-OH is 1. The minimum Gasteiger partial charge on any atom is -0.382 e. The second-order valence-electron chi connectivity index (χ2n) is 2.78. The molecule has 1 rings (SSSR count). The van der Waals surface area contributed by atoms with E-state index >= 15 is 0 Å². The lowest BCUT2D eigenvalue weighted by Crippen LogP contribution is -2.34. The van der Waals surface area contributed by atoms with Crippen molar-refractivity contribution < 1.29 is 13.9 Å². The van der Waals surface area contributed by atoms with Gasteiger partial charge in [0.2, 0.25) is 0 Å². The van der Waals surface area contributed by atoms with E-state index < -0.39 is 18.6 Å². The SMILES string of the molecule is NCC(F)(F)C(O)c1ccccc1. The van der Waals surface area contributed by atoms with Gasteiger partial charge in [-0.2, -0.15) is 0 Å². The molecule has 0 amide bonds. The van der Waals surface area contributed by atoms with Crippen LogP contribution < -0.4 is 5.73 Å². The van der Waals surface area contributed by atoms with Gasteiger partial charge in [0.25, 0.3) is 5.92 Å². The monoisotopic (exact) mass is 187 g/mol. The van der Waals surface area contributed by atoms with E-state index in [4.69, 9.17) is 5.73 Å². The summed E-state index contributed by atoms with van der Waals surface area (Å²) in [6.07, 6.45) is -1.82. The Morgan fingerprint density at radius 1 is 1.31 bits per heavy atom. The van der Waals surface area contributed by atoms with E-state index in [2.05, 4.69) is 0 Å². The topological polar surface area (TPSA) is 46.2 Å². The van der Waals surface area contributed by atoms with Crippen LogP contribution in [0.2, 0.25) is 0 Å². The van der Waals surface area contributed by atoms with Gasteiger partial charge in [-0.3, -0.25) is 0 Å². The van der Waals surface area contributed by atoms with Gasteiger partial charge in [-0.15, -0.1) is 0 Å². The molecule has 0 radical (unpaired) electrons. The molecule has 0 aliphatic heterocycles. The summed E-state index contributed by atoms with van der Waals surface area (Å²) in [5.74, 6) is -3.26. The summed E-state index contributed by atoms with van der Waals surface area (Å²) in [5, 5.41) is 9.22. The van der Waals surface area contributed by atoms with Crippen molar-refractivity contribution in [1.82, 2.24) is 0 Å². The van der Waals surface area contributed by atoms with Crippen LogP contribution >= 0.6 is 0 Å². The van der Waals surface area contributed by atoms with Crippen molar-refractivity contribution in [2.75, 3.05) is 6.54 Å². The molecule has 0 heterocycles. The van der Waals surface area contributed by atoms with Crippen LogP contribution in [-0.4, -0.2) is 17.6 Å². The molecule has 0 aliphatic rings. The molecule has 2 nitrogen and oxygen atoms in total. The zero-order valence-electron chi connectivity index (χ0n) is 6.95. The van der Waals surface area contributed by atoms with Crippen LogP contribution in [-0.2, 0) is 0 Å². The lowest BCUT2D eigenvalue weighted by Gasteiger charge is -2.20. The second-order valence-corrected chi connectivity index (χ2v) is 2.78. The van der Waals surface area contributed by atoms with E-state index in [1.54, 1.807) is 18.2 Å². The number of hydrogen-bond donors (Lipinski definition) is 2. The molecule has 0 aliphatic carbocycles. The Kier molecular flexibility index (Phi) is 2.95. The van der Waals surface area contributed by atoms with Crippen molar-refractivity contribution in [2.45, 2.75) is 12.0 Å². The van der Waals surface area contributed by atoms with Crippen molar-refractivity contribution in [3.8, 4) is 0 Å². The van der Waals surface area contributed by atoms with E-state index in [0.29, 0.717) is 0 Å². The third-order valence-corrected chi connectivity index (χ3v) is 1.79. The van der Waals surface area contributed by atoms with Crippen molar-refractivity contribution in [2.24, 2.45) is 5.73 Å². The fraction of sp³-hybridized carbons (Fsp3) is 0.333. The molecule has 13 heavy (non-hydrogen) atoms. The Hall–Kier alpha value is -1.00. The van der Waals surface area contributed by atoms with Gasteiger partial charge in [0.05, 0.1) is 6.54 Å². The van der Waals surface area contributed by atoms with Gasteiger partial charge in [-0.1, -0.05) is 30.3 Å². The normalized spacial score (nSPS) is 14.2. The van der Waals surface area contributed by atoms with Crippen LogP contribution in [0.15, 0.2) is 30.3 Å². The van der Waals surface area contributed by atoms with Gasteiger partial charge in [0.1, 0.15) is 6.10 Å². The molecule has 0 fully saturated rings. The Bertz CT molecular complexity index is 264. The first-order valence-electron chi connectivity index (χ1n) is 3.89. The predicted molar refractivity (Wildman–Crippen MR) is 45.4 cm³/mol. The molecule has 0 bridgehead atoms. The average molecular weight is 187 g/mol. The van der Waals surface area contributed by atoms with Crippen LogP contribution in [0.25, 0.3) is 0 Å². The molecule has 72 valence electrons. The van der Waals surface area contributed by atoms with Crippen LogP contribution in [0.3, 0.4) is 0 Å². The van der Waals surface area contributed by atoms with Gasteiger partial charge in [0.15, 0.2) is 0 Å². The maximum absolute atomic E-state index is 12.9. The summed E-state index contributed by atoms with van der Waals surface area (Å²) in [6.45, 7) is -0.858. The summed E-state index contributed by atoms with van der Waals surface area (Å²) in [6, 6.07) is 7.75. The number of nitrogens with two attached hydrogens (primary N) is 1. The van der Waals surface area contributed by atoms with Gasteiger partial charge in [-0.05, 0) is 5.56 Å². The number of benzene rings is 1. The number of halogens is 2. The fourth-order valence-electron chi connectivity index (χ4n) is 0.991. The summed E-state index contributed by atoms with van der Waals surface area (Å²) in [5.41, 5.74) is 5.01. The van der Waals surface area contributed by atoms with Crippen molar-refractivity contribution in [3.05, 3.63) is 35.9 Å². The Balaban J connectivity index is 2.85. The lowest BCUT2D eigenvalue weighted by molar-refractivity contribution is -0.102. The number of alkyl halides is 2. The molecule has 3 N–H and O–H groups in total. The maximum atomic E-state index is 12.9. The first kappa shape index (κ1) is 10.1. The van der Waals surface area contributed by atoms with Gasteiger partial charge < -0.3 is 10.8 Å². The summed E-state index contributed by atoms with van der Waals surface area (Å²) < 4.78 is 25.7. The van der Waals surface area contributed by atoms with Gasteiger partial charge in [-0.25, -0.2) is 8.78 Å². The maximum Gasteiger partial charge on any atom is 0.289 e. The molecule has 0 aromatic heterocycles. The molecular formula is C9H11F2NO. The first-order valence-corrected chi connectivity index (χ1v) is 3.89. The van der Waals surface area contributed by atoms with Crippen LogP contribution in [0.5, 0.6) is 0 Å². The molecule has 1 aromatic rings. The third-order valence-electron chi connectivity index (χ3n) is 1.79. The quantitative estimate of drug-likeness (QED) is 0.749. The van der Waals surface area contributed by atoms with Gasteiger partial charge in [0, 0.05) is 0 Å². The van der Waals surface area contributed by atoms with Crippen molar-refractivity contribution in [3.63, 3.8) is 0 Å². The molecule has 1 aromatic carbocycles. The molecule has 0 saturated carbocycles. The minimum atomic E-state index is -3.26. The minimum absolute atomic E-state index is 0.179. The van der Waals surface area contributed by atoms with Gasteiger partial charge >= 0.3 is 0 Å². The van der Waals surface area contributed by atoms with Crippen LogP contribution in [0.1, 0.15) is 11.7 Å². The highest BCUT2D eigenvalue weighted by Gasteiger charge is 2.37. The second kappa shape index (κ2) is 3.81. The van der Waals surface area contributed by atoms with Crippen LogP contribution in [0.4, 0.5) is 8.78 Å². The van der Waals surface area contributed by atoms with E-state index in [0.717, 1.165) is 0 Å². The highest BCUT2D eigenvalue weighted by molar-refractivity contribution is 5.19. The number of aliphatic hydroxyl groups is 1. The fourth-order valence-corrected chi connectivity index (χ4v) is 0.991. The molecular weight excluding hydrogens is 176 g/mol. The highest BCUT2D eigenvalue weighted by Crippen LogP contribution is 2.29. The van der Waals surface area contributed by atoms with E-state index in [1.807, 2.05) is 0 Å². The summed E-state index contributed by atoms with van der Waals surface area (Å²) in [4.78, 5) is 0. The van der Waals surface area contributed by atoms with E-state index in [-0.39, 0.29) is 5.56 Å². The molecule has 4 heteroatoms. The Morgan fingerprint density at radius 2 is 1.85 bits per heavy atom. The summed E-state index contributed by atoms with van der Waals surface area (Å²) in [7, 11) is 0. The Labute approximate surface area is 75.0 Å². The molecule has 1 unspecified atom stereocenters. The van der Waals surface area contributed by atoms with Crippen molar-refractivity contribution in [1.29, 1.82) is 0 Å². The number of hydrogen-bond acceptors (Lipinski definition) is 2. The standard InChI is InChI=1S/C9H11F2NO/c10-9(11,6-12)8(13)7-4-2-1-3-5-7/h1-5,8,13H,6,12H2. The number of rotatable bonds is 3. The third kappa shape index (κ3) is 2.23. The highest BCUT2D eigenvalue weighted by atomic mass is 19.3. The molecule has 0 saturated heterocycles. The molecule has 0 spiro atoms.